The average Bonchev–Trinajstić information content (AvgIpc) is 3.14. The highest BCUT2D eigenvalue weighted by Crippen LogP contribution is 2.37. The summed E-state index contributed by atoms with van der Waals surface area (Å²) in [6, 6.07) is 13.4. The molecule has 2 atom stereocenters. The second kappa shape index (κ2) is 6.30. The van der Waals surface area contributed by atoms with Crippen LogP contribution in [0.5, 0.6) is 0 Å². The third-order valence-corrected chi connectivity index (χ3v) is 5.54. The summed E-state index contributed by atoms with van der Waals surface area (Å²) in [6.07, 6.45) is 1.02. The van der Waals surface area contributed by atoms with Crippen LogP contribution in [0, 0.1) is 23.1 Å². The Labute approximate surface area is 160 Å². The molecule has 1 fully saturated rings. The molecule has 28 heavy (non-hydrogen) atoms. The summed E-state index contributed by atoms with van der Waals surface area (Å²) in [4.78, 5) is 15.6. The van der Waals surface area contributed by atoms with Crippen molar-refractivity contribution in [1.82, 2.24) is 19.6 Å². The van der Waals surface area contributed by atoms with Gasteiger partial charge in [-0.1, -0.05) is 6.07 Å². The molecule has 3 aromatic rings. The summed E-state index contributed by atoms with van der Waals surface area (Å²) < 4.78 is 15.1. The van der Waals surface area contributed by atoms with Gasteiger partial charge < -0.3 is 9.47 Å². The Morgan fingerprint density at radius 3 is 2.68 bits per heavy atom. The van der Waals surface area contributed by atoms with Crippen molar-refractivity contribution in [3.63, 3.8) is 0 Å². The van der Waals surface area contributed by atoms with E-state index in [1.165, 1.54) is 16.9 Å². The molecule has 2 aromatic heterocycles. The zero-order chi connectivity index (χ0) is 19.3. The number of piperidine rings is 1. The maximum absolute atomic E-state index is 13.2. The number of hydrogen-bond acceptors (Lipinski definition) is 5. The van der Waals surface area contributed by atoms with Crippen LogP contribution in [0.25, 0.3) is 5.69 Å². The third kappa shape index (κ3) is 2.67. The van der Waals surface area contributed by atoms with Crippen molar-refractivity contribution in [3.05, 3.63) is 70.0 Å². The molecule has 0 unspecified atom stereocenters. The average molecular weight is 376 g/mol. The van der Waals surface area contributed by atoms with E-state index in [0.29, 0.717) is 37.1 Å². The molecule has 0 spiro atoms. The molecule has 5 rings (SSSR count). The number of halogens is 1. The van der Waals surface area contributed by atoms with Crippen molar-refractivity contribution in [1.29, 1.82) is 5.26 Å². The lowest BCUT2D eigenvalue weighted by Crippen LogP contribution is -2.47. The summed E-state index contributed by atoms with van der Waals surface area (Å²) >= 11 is 0. The van der Waals surface area contributed by atoms with E-state index in [4.69, 9.17) is 0 Å². The van der Waals surface area contributed by atoms with Crippen LogP contribution in [-0.2, 0) is 6.54 Å². The summed E-state index contributed by atoms with van der Waals surface area (Å²) in [5.74, 6) is 0.723. The van der Waals surface area contributed by atoms with E-state index in [0.717, 1.165) is 12.1 Å². The molecule has 8 heteroatoms. The molecule has 2 bridgehead atoms. The molecule has 1 saturated heterocycles. The van der Waals surface area contributed by atoms with Gasteiger partial charge >= 0.3 is 0 Å². The molecule has 1 aromatic carbocycles. The quantitative estimate of drug-likeness (QED) is 0.684. The van der Waals surface area contributed by atoms with Gasteiger partial charge in [-0.15, -0.1) is 15.0 Å². The van der Waals surface area contributed by atoms with Crippen molar-refractivity contribution >= 4 is 5.82 Å². The van der Waals surface area contributed by atoms with Crippen LogP contribution < -0.4 is 10.5 Å². The number of fused-ring (bicyclic) bond motifs is 4. The summed E-state index contributed by atoms with van der Waals surface area (Å²) in [5, 5.41) is 18.4. The van der Waals surface area contributed by atoms with Gasteiger partial charge in [-0.05, 0) is 42.7 Å². The zero-order valence-corrected chi connectivity index (χ0v) is 15.0. The second-order valence-corrected chi connectivity index (χ2v) is 7.35. The number of nitrogens with zero attached hydrogens (tertiary/aromatic N) is 6. The van der Waals surface area contributed by atoms with Crippen LogP contribution in [0.4, 0.5) is 10.2 Å². The number of aromatic nitrogens is 4. The first-order valence-corrected chi connectivity index (χ1v) is 9.20. The predicted octanol–water partition coefficient (Wildman–Crippen LogP) is 2.06. The lowest BCUT2D eigenvalue weighted by atomic mass is 9.83. The molecular weight excluding hydrogens is 359 g/mol. The fraction of sp³-hybridized carbons (Fsp3) is 0.300. The van der Waals surface area contributed by atoms with Gasteiger partial charge in [0.2, 0.25) is 5.69 Å². The fourth-order valence-corrected chi connectivity index (χ4v) is 4.34. The molecular formula is C20H17FN6O. The lowest BCUT2D eigenvalue weighted by molar-refractivity contribution is 0.280. The standard InChI is InChI=1S/C20H17FN6O/c21-15-4-6-16(7-5-15)27-23-17(9-22)20(24-27)25-10-13-8-14(12-25)18-2-1-3-19(28)26(18)11-13/h1-7,13-14H,8,10-12H2/t13-,14+/m1/s1. The minimum atomic E-state index is -0.339. The molecule has 2 aliphatic heterocycles. The van der Waals surface area contributed by atoms with Crippen LogP contribution in [0.2, 0.25) is 0 Å². The number of anilines is 1. The first-order valence-electron chi connectivity index (χ1n) is 9.20. The van der Waals surface area contributed by atoms with Crippen molar-refractivity contribution < 1.29 is 4.39 Å². The van der Waals surface area contributed by atoms with E-state index in [2.05, 4.69) is 21.2 Å². The first kappa shape index (κ1) is 16.7. The molecule has 140 valence electrons. The van der Waals surface area contributed by atoms with E-state index in [-0.39, 0.29) is 23.0 Å². The summed E-state index contributed by atoms with van der Waals surface area (Å²) in [6.45, 7) is 2.07. The normalized spacial score (nSPS) is 20.5. The van der Waals surface area contributed by atoms with Gasteiger partial charge in [-0.3, -0.25) is 4.79 Å². The fourth-order valence-electron chi connectivity index (χ4n) is 4.34. The molecule has 2 aliphatic rings. The van der Waals surface area contributed by atoms with Crippen molar-refractivity contribution in [3.8, 4) is 11.8 Å². The number of hydrogen-bond donors (Lipinski definition) is 0. The van der Waals surface area contributed by atoms with Gasteiger partial charge in [0.25, 0.3) is 5.56 Å². The lowest BCUT2D eigenvalue weighted by Gasteiger charge is -2.42. The number of rotatable bonds is 2. The highest BCUT2D eigenvalue weighted by molar-refractivity contribution is 5.51. The van der Waals surface area contributed by atoms with Gasteiger partial charge in [0.15, 0.2) is 5.82 Å². The summed E-state index contributed by atoms with van der Waals surface area (Å²) in [7, 11) is 0. The highest BCUT2D eigenvalue weighted by Gasteiger charge is 2.36. The number of benzene rings is 1. The molecule has 7 nitrogen and oxygen atoms in total. The largest absolute Gasteiger partial charge is 0.352 e. The Balaban J connectivity index is 1.50. The third-order valence-electron chi connectivity index (χ3n) is 5.54. The smallest absolute Gasteiger partial charge is 0.250 e. The molecule has 0 aliphatic carbocycles. The zero-order valence-electron chi connectivity index (χ0n) is 15.0. The van der Waals surface area contributed by atoms with Crippen LogP contribution in [0.15, 0.2) is 47.3 Å². The first-order chi connectivity index (χ1) is 13.6. The Morgan fingerprint density at radius 2 is 1.89 bits per heavy atom. The van der Waals surface area contributed by atoms with E-state index in [9.17, 15) is 14.4 Å². The second-order valence-electron chi connectivity index (χ2n) is 7.35. The molecule has 0 radical (unpaired) electrons. The van der Waals surface area contributed by atoms with Gasteiger partial charge in [0, 0.05) is 37.3 Å². The molecule has 0 amide bonds. The Kier molecular flexibility index (Phi) is 3.76. The van der Waals surface area contributed by atoms with Gasteiger partial charge in [-0.25, -0.2) is 4.39 Å². The minimum absolute atomic E-state index is 0.0422. The van der Waals surface area contributed by atoms with Crippen molar-refractivity contribution in [2.75, 3.05) is 18.0 Å². The van der Waals surface area contributed by atoms with Gasteiger partial charge in [0.1, 0.15) is 11.9 Å². The maximum atomic E-state index is 13.2. The number of nitriles is 1. The Hall–Kier alpha value is -3.47. The summed E-state index contributed by atoms with van der Waals surface area (Å²) in [5.41, 5.74) is 1.92. The molecule has 4 heterocycles. The topological polar surface area (TPSA) is 79.7 Å². The minimum Gasteiger partial charge on any atom is -0.352 e. The maximum Gasteiger partial charge on any atom is 0.250 e. The van der Waals surface area contributed by atoms with Crippen LogP contribution in [0.1, 0.15) is 23.7 Å². The van der Waals surface area contributed by atoms with Crippen LogP contribution in [-0.4, -0.2) is 32.7 Å². The highest BCUT2D eigenvalue weighted by atomic mass is 19.1. The van der Waals surface area contributed by atoms with Gasteiger partial charge in [0.05, 0.1) is 5.69 Å². The van der Waals surface area contributed by atoms with E-state index < -0.39 is 0 Å². The van der Waals surface area contributed by atoms with E-state index in [1.54, 1.807) is 24.3 Å². The number of pyridine rings is 1. The van der Waals surface area contributed by atoms with Crippen LogP contribution in [0.3, 0.4) is 0 Å². The Morgan fingerprint density at radius 1 is 1.07 bits per heavy atom. The molecule has 0 N–H and O–H groups in total. The monoisotopic (exact) mass is 376 g/mol. The predicted molar refractivity (Wildman–Crippen MR) is 99.8 cm³/mol. The van der Waals surface area contributed by atoms with E-state index in [1.807, 2.05) is 10.6 Å². The van der Waals surface area contributed by atoms with Crippen LogP contribution >= 0.6 is 0 Å². The van der Waals surface area contributed by atoms with E-state index >= 15 is 0 Å². The van der Waals surface area contributed by atoms with Crippen molar-refractivity contribution in [2.45, 2.75) is 18.9 Å². The van der Waals surface area contributed by atoms with Gasteiger partial charge in [-0.2, -0.15) is 5.26 Å². The molecule has 0 saturated carbocycles. The SMILES string of the molecule is N#Cc1nn(-c2ccc(F)cc2)nc1N1C[C@H]2C[C@@H](C1)c1cccc(=O)n1C2. The Bertz CT molecular complexity index is 1140. The van der Waals surface area contributed by atoms with Crippen molar-refractivity contribution in [2.24, 2.45) is 5.92 Å².